The fraction of sp³-hybridized carbons (Fsp3) is 0.412. The van der Waals surface area contributed by atoms with Crippen LogP contribution in [0.4, 0.5) is 4.79 Å². The molecule has 9 heteroatoms. The van der Waals surface area contributed by atoms with Crippen LogP contribution < -0.4 is 5.32 Å². The van der Waals surface area contributed by atoms with E-state index in [4.69, 9.17) is 20.8 Å². The summed E-state index contributed by atoms with van der Waals surface area (Å²) in [7, 11) is 0. The number of hydrogen-bond acceptors (Lipinski definition) is 6. The summed E-state index contributed by atoms with van der Waals surface area (Å²) in [6.45, 7) is 3.17. The maximum atomic E-state index is 12.3. The summed E-state index contributed by atoms with van der Waals surface area (Å²) in [6.07, 6.45) is 0.949. The second kappa shape index (κ2) is 8.18. The Kier molecular flexibility index (Phi) is 5.72. The number of rotatable bonds is 4. The number of hydrogen-bond donors (Lipinski definition) is 1. The van der Waals surface area contributed by atoms with Crippen molar-refractivity contribution in [1.29, 1.82) is 0 Å². The first kappa shape index (κ1) is 18.2. The predicted molar refractivity (Wildman–Crippen MR) is 93.8 cm³/mol. The fourth-order valence-electron chi connectivity index (χ4n) is 2.73. The summed E-state index contributed by atoms with van der Waals surface area (Å²) in [4.78, 5) is 25.6. The molecule has 26 heavy (non-hydrogen) atoms. The van der Waals surface area contributed by atoms with Gasteiger partial charge >= 0.3 is 17.9 Å². The minimum absolute atomic E-state index is 0.0659. The van der Waals surface area contributed by atoms with Gasteiger partial charge in [0.15, 0.2) is 0 Å². The number of carbonyl (C=O) groups excluding carboxylic acids is 2. The molecule has 138 valence electrons. The van der Waals surface area contributed by atoms with Gasteiger partial charge in [-0.05, 0) is 31.9 Å². The minimum Gasteiger partial charge on any atom is -0.450 e. The number of benzene rings is 1. The molecule has 0 bridgehead atoms. The standard InChI is InChI=1S/C17H19ClN4O4/c1-2-25-17(24)22-9-7-11(8-10-22)19-14(23)16-21-20-15(26-16)12-5-3-4-6-13(12)18/h3-6,11H,2,7-10H2,1H3,(H,19,23). The zero-order chi connectivity index (χ0) is 18.5. The van der Waals surface area contributed by atoms with E-state index in [2.05, 4.69) is 15.5 Å². The van der Waals surface area contributed by atoms with Gasteiger partial charge in [-0.3, -0.25) is 4.79 Å². The van der Waals surface area contributed by atoms with Crippen LogP contribution >= 0.6 is 11.6 Å². The van der Waals surface area contributed by atoms with Gasteiger partial charge in [-0.25, -0.2) is 4.79 Å². The second-order valence-corrected chi connectivity index (χ2v) is 6.23. The summed E-state index contributed by atoms with van der Waals surface area (Å²) in [5, 5.41) is 11.0. The molecule has 0 saturated carbocycles. The molecule has 0 atom stereocenters. The van der Waals surface area contributed by atoms with Crippen LogP contribution in [0, 0.1) is 0 Å². The second-order valence-electron chi connectivity index (χ2n) is 5.83. The lowest BCUT2D eigenvalue weighted by molar-refractivity contribution is 0.0836. The highest BCUT2D eigenvalue weighted by atomic mass is 35.5. The summed E-state index contributed by atoms with van der Waals surface area (Å²) >= 11 is 6.09. The lowest BCUT2D eigenvalue weighted by atomic mass is 10.1. The van der Waals surface area contributed by atoms with E-state index in [0.29, 0.717) is 43.1 Å². The number of aromatic nitrogens is 2. The number of nitrogens with one attached hydrogen (secondary N) is 1. The Morgan fingerprint density at radius 2 is 2.04 bits per heavy atom. The van der Waals surface area contributed by atoms with E-state index >= 15 is 0 Å². The molecule has 0 aliphatic carbocycles. The van der Waals surface area contributed by atoms with Crippen molar-refractivity contribution in [3.63, 3.8) is 0 Å². The molecule has 2 aromatic rings. The molecular formula is C17H19ClN4O4. The molecule has 1 saturated heterocycles. The van der Waals surface area contributed by atoms with Gasteiger partial charge in [0.2, 0.25) is 5.89 Å². The predicted octanol–water partition coefficient (Wildman–Crippen LogP) is 2.74. The highest BCUT2D eigenvalue weighted by Gasteiger charge is 2.26. The Labute approximate surface area is 155 Å². The Bertz CT molecular complexity index is 787. The molecule has 0 unspecified atom stereocenters. The fourth-order valence-corrected chi connectivity index (χ4v) is 2.94. The molecule has 1 aromatic heterocycles. The monoisotopic (exact) mass is 378 g/mol. The van der Waals surface area contributed by atoms with Crippen molar-refractivity contribution in [3.8, 4) is 11.5 Å². The molecule has 1 aliphatic heterocycles. The normalized spacial score (nSPS) is 14.9. The van der Waals surface area contributed by atoms with Crippen molar-refractivity contribution in [1.82, 2.24) is 20.4 Å². The lowest BCUT2D eigenvalue weighted by Gasteiger charge is -2.31. The number of ether oxygens (including phenoxy) is 1. The van der Waals surface area contributed by atoms with Crippen molar-refractivity contribution in [2.24, 2.45) is 0 Å². The van der Waals surface area contributed by atoms with Crippen LogP contribution in [0.3, 0.4) is 0 Å². The molecule has 1 fully saturated rings. The highest BCUT2D eigenvalue weighted by molar-refractivity contribution is 6.33. The van der Waals surface area contributed by atoms with Gasteiger partial charge < -0.3 is 19.4 Å². The molecule has 1 aromatic carbocycles. The number of halogens is 1. The largest absolute Gasteiger partial charge is 0.450 e. The van der Waals surface area contributed by atoms with Crippen LogP contribution in [-0.2, 0) is 4.74 Å². The quantitative estimate of drug-likeness (QED) is 0.878. The molecule has 0 spiro atoms. The van der Waals surface area contributed by atoms with Crippen LogP contribution in [0.25, 0.3) is 11.5 Å². The minimum atomic E-state index is -0.439. The molecule has 0 radical (unpaired) electrons. The number of amides is 2. The van der Waals surface area contributed by atoms with E-state index in [-0.39, 0.29) is 23.9 Å². The molecule has 2 heterocycles. The lowest BCUT2D eigenvalue weighted by Crippen LogP contribution is -2.46. The zero-order valence-corrected chi connectivity index (χ0v) is 15.0. The van der Waals surface area contributed by atoms with E-state index in [1.807, 2.05) is 0 Å². The van der Waals surface area contributed by atoms with Gasteiger partial charge in [-0.15, -0.1) is 10.2 Å². The van der Waals surface area contributed by atoms with Gasteiger partial charge in [-0.2, -0.15) is 0 Å². The van der Waals surface area contributed by atoms with Crippen LogP contribution in [0.1, 0.15) is 30.5 Å². The maximum absolute atomic E-state index is 12.3. The Balaban J connectivity index is 1.57. The van der Waals surface area contributed by atoms with Gasteiger partial charge in [0.1, 0.15) is 0 Å². The third kappa shape index (κ3) is 4.13. The Morgan fingerprint density at radius 3 is 2.73 bits per heavy atom. The number of likely N-dealkylation sites (tertiary alicyclic amines) is 1. The molecule has 2 amide bonds. The van der Waals surface area contributed by atoms with Crippen LogP contribution in [0.2, 0.25) is 5.02 Å². The number of nitrogens with zero attached hydrogens (tertiary/aromatic N) is 3. The zero-order valence-electron chi connectivity index (χ0n) is 14.3. The maximum Gasteiger partial charge on any atom is 0.409 e. The van der Waals surface area contributed by atoms with Gasteiger partial charge in [0.05, 0.1) is 17.2 Å². The van der Waals surface area contributed by atoms with Crippen molar-refractivity contribution in [3.05, 3.63) is 35.2 Å². The van der Waals surface area contributed by atoms with Crippen molar-refractivity contribution < 1.29 is 18.7 Å². The molecule has 8 nitrogen and oxygen atoms in total. The topological polar surface area (TPSA) is 97.6 Å². The summed E-state index contributed by atoms with van der Waals surface area (Å²) in [6, 6.07) is 6.96. The first-order valence-electron chi connectivity index (χ1n) is 8.39. The van der Waals surface area contributed by atoms with Crippen molar-refractivity contribution >= 4 is 23.6 Å². The molecule has 3 rings (SSSR count). The van der Waals surface area contributed by atoms with Gasteiger partial charge in [0, 0.05) is 19.1 Å². The first-order valence-corrected chi connectivity index (χ1v) is 8.77. The summed E-state index contributed by atoms with van der Waals surface area (Å²) < 4.78 is 10.4. The number of carbonyl (C=O) groups is 2. The Hall–Kier alpha value is -2.61. The Morgan fingerprint density at radius 1 is 1.31 bits per heavy atom. The molecule has 1 N–H and O–H groups in total. The van der Waals surface area contributed by atoms with Crippen molar-refractivity contribution in [2.75, 3.05) is 19.7 Å². The number of piperidine rings is 1. The smallest absolute Gasteiger partial charge is 0.409 e. The van der Waals surface area contributed by atoms with E-state index < -0.39 is 5.91 Å². The van der Waals surface area contributed by atoms with Crippen molar-refractivity contribution in [2.45, 2.75) is 25.8 Å². The van der Waals surface area contributed by atoms with E-state index in [1.165, 1.54) is 0 Å². The summed E-state index contributed by atoms with van der Waals surface area (Å²) in [5.41, 5.74) is 0.573. The third-order valence-corrected chi connectivity index (χ3v) is 4.41. The van der Waals surface area contributed by atoms with Crippen LogP contribution in [0.15, 0.2) is 28.7 Å². The average Bonchev–Trinajstić information content (AvgIpc) is 3.13. The van der Waals surface area contributed by atoms with E-state index in [9.17, 15) is 9.59 Å². The van der Waals surface area contributed by atoms with E-state index in [0.717, 1.165) is 0 Å². The van der Waals surface area contributed by atoms with Gasteiger partial charge in [0.25, 0.3) is 0 Å². The van der Waals surface area contributed by atoms with Crippen LogP contribution in [0.5, 0.6) is 0 Å². The molecular weight excluding hydrogens is 360 g/mol. The van der Waals surface area contributed by atoms with E-state index in [1.54, 1.807) is 36.1 Å². The SMILES string of the molecule is CCOC(=O)N1CCC(NC(=O)c2nnc(-c3ccccc3Cl)o2)CC1. The van der Waals surface area contributed by atoms with Crippen LogP contribution in [-0.4, -0.2) is 52.8 Å². The third-order valence-electron chi connectivity index (χ3n) is 4.08. The average molecular weight is 379 g/mol. The highest BCUT2D eigenvalue weighted by Crippen LogP contribution is 2.26. The first-order chi connectivity index (χ1) is 12.6. The van der Waals surface area contributed by atoms with Gasteiger partial charge in [-0.1, -0.05) is 23.7 Å². The molecule has 1 aliphatic rings. The summed E-state index contributed by atoms with van der Waals surface area (Å²) in [5.74, 6) is -0.365.